The zero-order valence-electron chi connectivity index (χ0n) is 43.6. The fourth-order valence-corrected chi connectivity index (χ4v) is 12.0. The number of ether oxygens (including phenoxy) is 2. The summed E-state index contributed by atoms with van der Waals surface area (Å²) < 4.78 is 72.3. The van der Waals surface area contributed by atoms with Crippen molar-refractivity contribution >= 4 is 95.1 Å². The number of unbranched alkanes of at least 4 members (excludes halogenated alkanes) is 1. The Hall–Kier alpha value is -8.30. The molecule has 23 nitrogen and oxygen atoms in total. The fraction of sp³-hybridized carbons (Fsp3) is 0.296. The summed E-state index contributed by atoms with van der Waals surface area (Å²) >= 11 is 5.61. The Kier molecular flexibility index (Phi) is 17.3. The van der Waals surface area contributed by atoms with E-state index in [0.29, 0.717) is 42.0 Å². The van der Waals surface area contributed by atoms with E-state index in [0.717, 1.165) is 10.9 Å². The summed E-state index contributed by atoms with van der Waals surface area (Å²) in [6, 6.07) is 23.8. The van der Waals surface area contributed by atoms with Crippen molar-refractivity contribution in [1.29, 1.82) is 0 Å². The number of rotatable bonds is 22. The van der Waals surface area contributed by atoms with E-state index in [1.807, 2.05) is 30.3 Å². The maximum absolute atomic E-state index is 14.4. The van der Waals surface area contributed by atoms with Gasteiger partial charge < -0.3 is 52.3 Å². The van der Waals surface area contributed by atoms with Gasteiger partial charge in [0, 0.05) is 27.9 Å². The van der Waals surface area contributed by atoms with Crippen LogP contribution in [0.3, 0.4) is 0 Å². The number of carbonyl (C=O) groups is 4. The molecule has 0 aliphatic carbocycles. The van der Waals surface area contributed by atoms with E-state index in [1.54, 1.807) is 31.4 Å². The normalized spacial score (nSPS) is 15.7. The summed E-state index contributed by atoms with van der Waals surface area (Å²) in [5.41, 5.74) is 17.7. The first-order chi connectivity index (χ1) is 38.0. The van der Waals surface area contributed by atoms with Gasteiger partial charge in [0.1, 0.15) is 18.7 Å². The lowest BCUT2D eigenvalue weighted by molar-refractivity contribution is -0.191. The molecule has 6 aromatic rings. The van der Waals surface area contributed by atoms with Crippen molar-refractivity contribution < 1.29 is 50.6 Å². The number of aromatic nitrogens is 2. The van der Waals surface area contributed by atoms with Gasteiger partial charge in [-0.1, -0.05) is 57.2 Å². The van der Waals surface area contributed by atoms with E-state index in [4.69, 9.17) is 43.9 Å². The highest BCUT2D eigenvalue weighted by molar-refractivity contribution is 7.92. The third-order valence-corrected chi connectivity index (χ3v) is 16.6. The summed E-state index contributed by atoms with van der Waals surface area (Å²) in [6.45, 7) is 5.24. The smallest absolute Gasteiger partial charge is 0.355 e. The number of aliphatic imine (C=N–C) groups is 1. The number of carbonyl (C=O) groups excluding carboxylic acids is 3. The lowest BCUT2D eigenvalue weighted by Crippen LogP contribution is -2.56. The van der Waals surface area contributed by atoms with Gasteiger partial charge >= 0.3 is 17.9 Å². The highest BCUT2D eigenvalue weighted by Gasteiger charge is 2.51. The number of amides is 1. The van der Waals surface area contributed by atoms with Crippen LogP contribution in [-0.2, 0) is 67.5 Å². The predicted molar refractivity (Wildman–Crippen MR) is 302 cm³/mol. The minimum absolute atomic E-state index is 0.00641. The maximum atomic E-state index is 14.4. The number of aliphatic carboxylic acids is 1. The molecule has 4 atom stereocenters. The summed E-state index contributed by atoms with van der Waals surface area (Å²) in [4.78, 5) is 77.0. The first-order valence-electron chi connectivity index (χ1n) is 25.3. The molecule has 420 valence electrons. The van der Waals surface area contributed by atoms with Crippen molar-refractivity contribution in [3.8, 4) is 11.4 Å². The van der Waals surface area contributed by atoms with Gasteiger partial charge in [-0.05, 0) is 129 Å². The molecular weight excluding hydrogens is 1090 g/mol. The summed E-state index contributed by atoms with van der Waals surface area (Å²) in [5.74, 6) is -4.68. The number of hydrogen-bond acceptors (Lipinski definition) is 15. The number of hydrogen-bond donors (Lipinski definition) is 9. The molecule has 80 heavy (non-hydrogen) atoms. The zero-order valence-corrected chi connectivity index (χ0v) is 46.0. The number of nitrogens with one attached hydrogen (secondary N) is 5. The number of pyridine rings is 2. The van der Waals surface area contributed by atoms with Crippen LogP contribution in [-0.4, -0.2) is 85.0 Å². The second kappa shape index (κ2) is 24.0. The molecular formula is C54H59N11O12S3. The molecule has 2 aliphatic heterocycles. The van der Waals surface area contributed by atoms with Crippen LogP contribution < -0.4 is 48.2 Å². The molecule has 12 N–H and O–H groups in total. The molecule has 4 heterocycles. The molecule has 0 radical (unpaired) electrons. The van der Waals surface area contributed by atoms with Gasteiger partial charge in [0.25, 0.3) is 15.6 Å². The molecule has 8 rings (SSSR count). The maximum Gasteiger partial charge on any atom is 0.355 e. The van der Waals surface area contributed by atoms with E-state index in [1.165, 1.54) is 72.8 Å². The fourth-order valence-electron chi connectivity index (χ4n) is 9.43. The van der Waals surface area contributed by atoms with Gasteiger partial charge in [-0.15, -0.1) is 0 Å². The van der Waals surface area contributed by atoms with Gasteiger partial charge in [0.15, 0.2) is 11.1 Å². The topological polar surface area (TPSA) is 361 Å². The number of carboxylic acids is 1. The van der Waals surface area contributed by atoms with Crippen LogP contribution in [0.4, 0.5) is 17.1 Å². The number of sulfonamides is 2. The van der Waals surface area contributed by atoms with Crippen LogP contribution >= 0.6 is 12.2 Å². The van der Waals surface area contributed by atoms with Gasteiger partial charge in [0.2, 0.25) is 21.5 Å². The number of nitrogens with zero attached hydrogens (tertiary/aromatic N) is 3. The average molecular weight is 1150 g/mol. The SMILES string of the molecule is CC[C@@]1(OC(=O)[C@H](NC(=O)[C@H](CCCCN)NC(=S)Nc2ccc(S(=O)(=O)NC(CC(=O)O)c3cccc(NS(=O)(=O)c4cccc(N=C(N)N)c4)c3)cc2)C(C)C)C(=O)OCc2c1cc1n(c2=O)Cc2cc3ccccc3nc2-1. The van der Waals surface area contributed by atoms with Gasteiger partial charge in [-0.3, -0.25) is 19.1 Å². The first-order valence-corrected chi connectivity index (χ1v) is 28.7. The number of guanidine groups is 1. The Morgan fingerprint density at radius 2 is 1.62 bits per heavy atom. The minimum atomic E-state index is -4.43. The standard InChI is InChI=1S/C54H59N11O12S3/c1-4-54(40-26-44-47-33(23-31-11-5-6-16-41(31)60-47)28-65(44)49(69)39(40)29-76-51(54)71)77-50(70)46(30(2)3)62-48(68)42(17-7-8-22-55)61-53(78)59-34-18-20-37(21-19-34)79(72,73)64-43(27-45(66)67)32-12-9-14-36(24-32)63-80(74,75)38-15-10-13-35(25-38)58-52(56)57/h5-6,9-16,18-21,23-26,30,42-43,46,63-64H,4,7-8,17,22,27-29,55H2,1-3H3,(H,62,68)(H,66,67)(H4,56,57,58)(H2,59,61,78)/t42-,43?,46+,54-/m0/s1. The number of fused-ring (bicyclic) bond motifs is 5. The van der Waals surface area contributed by atoms with E-state index in [9.17, 15) is 45.9 Å². The van der Waals surface area contributed by atoms with Crippen LogP contribution in [0.2, 0.25) is 0 Å². The second-order valence-electron chi connectivity index (χ2n) is 19.4. The van der Waals surface area contributed by atoms with Crippen molar-refractivity contribution in [3.05, 3.63) is 142 Å². The number of para-hydroxylation sites is 1. The third-order valence-electron chi connectivity index (χ3n) is 13.5. The summed E-state index contributed by atoms with van der Waals surface area (Å²) in [5, 5.41) is 19.3. The predicted octanol–water partition coefficient (Wildman–Crippen LogP) is 4.46. The quantitative estimate of drug-likeness (QED) is 0.0149. The van der Waals surface area contributed by atoms with Gasteiger partial charge in [-0.25, -0.2) is 41.1 Å². The molecule has 0 saturated heterocycles. The van der Waals surface area contributed by atoms with Crippen molar-refractivity contribution in [2.45, 2.75) is 99.5 Å². The van der Waals surface area contributed by atoms with E-state index in [-0.39, 0.29) is 74.9 Å². The lowest BCUT2D eigenvalue weighted by Gasteiger charge is -2.37. The van der Waals surface area contributed by atoms with E-state index < -0.39 is 85.5 Å². The molecule has 2 aromatic heterocycles. The molecule has 1 unspecified atom stereocenters. The van der Waals surface area contributed by atoms with Crippen LogP contribution in [0.5, 0.6) is 0 Å². The number of thiocarbonyl (C=S) groups is 1. The van der Waals surface area contributed by atoms with Crippen LogP contribution in [0, 0.1) is 5.92 Å². The Morgan fingerprint density at radius 1 is 0.887 bits per heavy atom. The summed E-state index contributed by atoms with van der Waals surface area (Å²) in [7, 11) is -8.66. The molecule has 0 fully saturated rings. The molecule has 0 saturated carbocycles. The van der Waals surface area contributed by atoms with Gasteiger partial charge in [-0.2, -0.15) is 0 Å². The minimum Gasteiger partial charge on any atom is -0.481 e. The number of nitrogens with two attached hydrogens (primary N) is 3. The molecule has 0 bridgehead atoms. The average Bonchev–Trinajstić information content (AvgIpc) is 3.83. The number of benzene rings is 4. The third kappa shape index (κ3) is 12.7. The Labute approximate surface area is 465 Å². The number of anilines is 2. The highest BCUT2D eigenvalue weighted by atomic mass is 32.2. The Morgan fingerprint density at radius 3 is 2.33 bits per heavy atom. The number of esters is 2. The number of cyclic esters (lactones) is 1. The Bertz CT molecular complexity index is 3740. The van der Waals surface area contributed by atoms with E-state index in [2.05, 4.69) is 30.4 Å². The van der Waals surface area contributed by atoms with Crippen molar-refractivity contribution in [2.75, 3.05) is 16.6 Å². The molecule has 4 aromatic carbocycles. The molecule has 1 amide bonds. The van der Waals surface area contributed by atoms with Gasteiger partial charge in [0.05, 0.1) is 57.0 Å². The van der Waals surface area contributed by atoms with Crippen molar-refractivity contribution in [2.24, 2.45) is 28.1 Å². The van der Waals surface area contributed by atoms with Crippen LogP contribution in [0.1, 0.15) is 81.2 Å². The monoisotopic (exact) mass is 1150 g/mol. The molecule has 0 spiro atoms. The highest BCUT2D eigenvalue weighted by Crippen LogP contribution is 2.41. The largest absolute Gasteiger partial charge is 0.481 e. The van der Waals surface area contributed by atoms with E-state index >= 15 is 0 Å². The van der Waals surface area contributed by atoms with Crippen molar-refractivity contribution in [3.63, 3.8) is 0 Å². The molecule has 26 heteroatoms. The zero-order chi connectivity index (χ0) is 57.7. The Balaban J connectivity index is 0.945. The summed E-state index contributed by atoms with van der Waals surface area (Å²) in [6.07, 6.45) is 0.392. The van der Waals surface area contributed by atoms with Crippen molar-refractivity contribution in [1.82, 2.24) is 24.9 Å². The lowest BCUT2D eigenvalue weighted by atomic mass is 9.85. The number of carboxylic acid groups (broad SMARTS) is 1. The van der Waals surface area contributed by atoms with Crippen LogP contribution in [0.25, 0.3) is 22.3 Å². The van der Waals surface area contributed by atoms with Crippen LogP contribution in [0.15, 0.2) is 129 Å². The molecule has 2 aliphatic rings. The second-order valence-corrected chi connectivity index (χ2v) is 23.2. The first kappa shape index (κ1) is 57.9.